The van der Waals surface area contributed by atoms with Crippen LogP contribution < -0.4 is 10.2 Å². The highest BCUT2D eigenvalue weighted by atomic mass is 32.2. The molecule has 1 heterocycles. The van der Waals surface area contributed by atoms with Gasteiger partial charge in [0, 0.05) is 42.4 Å². The molecule has 1 amide bonds. The lowest BCUT2D eigenvalue weighted by atomic mass is 10.1. The SMILES string of the molecule is Cc1cc(N2CCN(C)CC2)ccc1NC(=O)CSc1ccccc1C. The first-order valence-corrected chi connectivity index (χ1v) is 10.0. The number of nitrogens with one attached hydrogen (secondary N) is 1. The van der Waals surface area contributed by atoms with Crippen LogP contribution in [-0.4, -0.2) is 49.8 Å². The summed E-state index contributed by atoms with van der Waals surface area (Å²) in [4.78, 5) is 18.2. The molecule has 0 radical (unpaired) electrons. The summed E-state index contributed by atoms with van der Waals surface area (Å²) in [7, 11) is 2.16. The molecular formula is C21H27N3OS. The van der Waals surface area contributed by atoms with Gasteiger partial charge < -0.3 is 15.1 Å². The third kappa shape index (κ3) is 4.80. The summed E-state index contributed by atoms with van der Waals surface area (Å²) in [5.41, 5.74) is 4.45. The summed E-state index contributed by atoms with van der Waals surface area (Å²) >= 11 is 1.58. The van der Waals surface area contributed by atoms with E-state index in [9.17, 15) is 4.79 Å². The van der Waals surface area contributed by atoms with Crippen molar-refractivity contribution >= 4 is 29.0 Å². The summed E-state index contributed by atoms with van der Waals surface area (Å²) in [6.07, 6.45) is 0. The number of benzene rings is 2. The number of hydrogen-bond donors (Lipinski definition) is 1. The minimum atomic E-state index is 0.0358. The number of thioether (sulfide) groups is 1. The number of carbonyl (C=O) groups is 1. The van der Waals surface area contributed by atoms with Crippen molar-refractivity contribution in [3.05, 3.63) is 53.6 Å². The van der Waals surface area contributed by atoms with E-state index in [0.717, 1.165) is 42.3 Å². The van der Waals surface area contributed by atoms with Crippen LogP contribution in [0.5, 0.6) is 0 Å². The second kappa shape index (κ2) is 8.60. The van der Waals surface area contributed by atoms with Crippen LogP contribution in [0.25, 0.3) is 0 Å². The van der Waals surface area contributed by atoms with Gasteiger partial charge in [-0.25, -0.2) is 0 Å². The van der Waals surface area contributed by atoms with Crippen LogP contribution >= 0.6 is 11.8 Å². The van der Waals surface area contributed by atoms with Crippen LogP contribution in [-0.2, 0) is 4.79 Å². The second-order valence-electron chi connectivity index (χ2n) is 6.89. The summed E-state index contributed by atoms with van der Waals surface area (Å²) in [6.45, 7) is 8.41. The van der Waals surface area contributed by atoms with Gasteiger partial charge in [-0.15, -0.1) is 11.8 Å². The van der Waals surface area contributed by atoms with Gasteiger partial charge in [-0.2, -0.15) is 0 Å². The average Bonchev–Trinajstić information content (AvgIpc) is 2.63. The van der Waals surface area contributed by atoms with Crippen LogP contribution in [0.4, 0.5) is 11.4 Å². The zero-order chi connectivity index (χ0) is 18.5. The Bertz CT molecular complexity index is 770. The summed E-state index contributed by atoms with van der Waals surface area (Å²) < 4.78 is 0. The van der Waals surface area contributed by atoms with E-state index in [1.54, 1.807) is 11.8 Å². The van der Waals surface area contributed by atoms with E-state index in [-0.39, 0.29) is 5.91 Å². The first-order valence-electron chi connectivity index (χ1n) is 9.05. The largest absolute Gasteiger partial charge is 0.369 e. The van der Waals surface area contributed by atoms with E-state index in [2.05, 4.69) is 60.3 Å². The number of rotatable bonds is 5. The highest BCUT2D eigenvalue weighted by molar-refractivity contribution is 8.00. The van der Waals surface area contributed by atoms with E-state index in [1.165, 1.54) is 11.3 Å². The van der Waals surface area contributed by atoms with Gasteiger partial charge in [0.05, 0.1) is 5.75 Å². The molecule has 138 valence electrons. The zero-order valence-corrected chi connectivity index (χ0v) is 16.6. The molecule has 0 unspecified atom stereocenters. The Morgan fingerprint density at radius 3 is 2.46 bits per heavy atom. The fraction of sp³-hybridized carbons (Fsp3) is 0.381. The van der Waals surface area contributed by atoms with Crippen molar-refractivity contribution in [3.8, 4) is 0 Å². The maximum atomic E-state index is 12.3. The molecule has 1 aliphatic rings. The van der Waals surface area contributed by atoms with E-state index in [0.29, 0.717) is 5.75 Å². The topological polar surface area (TPSA) is 35.6 Å². The number of aryl methyl sites for hydroxylation is 2. The second-order valence-corrected chi connectivity index (χ2v) is 7.91. The molecule has 2 aromatic carbocycles. The molecule has 1 aliphatic heterocycles. The molecule has 1 saturated heterocycles. The highest BCUT2D eigenvalue weighted by Gasteiger charge is 2.15. The van der Waals surface area contributed by atoms with E-state index >= 15 is 0 Å². The Hall–Kier alpha value is -1.98. The van der Waals surface area contributed by atoms with Crippen LogP contribution in [0.2, 0.25) is 0 Å². The van der Waals surface area contributed by atoms with Crippen molar-refractivity contribution in [1.29, 1.82) is 0 Å². The molecular weight excluding hydrogens is 342 g/mol. The van der Waals surface area contributed by atoms with Gasteiger partial charge in [0.2, 0.25) is 5.91 Å². The fourth-order valence-electron chi connectivity index (χ4n) is 3.10. The molecule has 0 aromatic heterocycles. The molecule has 0 spiro atoms. The third-order valence-electron chi connectivity index (χ3n) is 4.80. The van der Waals surface area contributed by atoms with Crippen molar-refractivity contribution in [2.24, 2.45) is 0 Å². The maximum Gasteiger partial charge on any atom is 0.234 e. The van der Waals surface area contributed by atoms with E-state index in [1.807, 2.05) is 18.2 Å². The number of anilines is 2. The standard InChI is InChI=1S/C21H27N3OS/c1-16-6-4-5-7-20(16)26-15-21(25)22-19-9-8-18(14-17(19)2)24-12-10-23(3)11-13-24/h4-9,14H,10-13,15H2,1-3H3,(H,22,25). The van der Waals surface area contributed by atoms with Crippen molar-refractivity contribution < 1.29 is 4.79 Å². The van der Waals surface area contributed by atoms with Crippen LogP contribution in [0.15, 0.2) is 47.4 Å². The molecule has 0 aliphatic carbocycles. The van der Waals surface area contributed by atoms with Gasteiger partial charge in [0.15, 0.2) is 0 Å². The van der Waals surface area contributed by atoms with Gasteiger partial charge in [0.25, 0.3) is 0 Å². The Kier molecular flexibility index (Phi) is 6.22. The molecule has 5 heteroatoms. The number of piperazine rings is 1. The predicted octanol–water partition coefficient (Wildman–Crippen LogP) is 3.79. The molecule has 2 aromatic rings. The quantitative estimate of drug-likeness (QED) is 0.814. The minimum absolute atomic E-state index is 0.0358. The molecule has 3 rings (SSSR count). The lowest BCUT2D eigenvalue weighted by molar-refractivity contribution is -0.113. The van der Waals surface area contributed by atoms with Crippen LogP contribution in [0, 0.1) is 13.8 Å². The van der Waals surface area contributed by atoms with Crippen molar-refractivity contribution in [2.45, 2.75) is 18.7 Å². The van der Waals surface area contributed by atoms with Crippen molar-refractivity contribution in [3.63, 3.8) is 0 Å². The highest BCUT2D eigenvalue weighted by Crippen LogP contribution is 2.25. The first kappa shape index (κ1) is 18.8. The van der Waals surface area contributed by atoms with E-state index < -0.39 is 0 Å². The Labute approximate surface area is 160 Å². The van der Waals surface area contributed by atoms with Gasteiger partial charge in [-0.05, 0) is 56.3 Å². The molecule has 1 N–H and O–H groups in total. The number of nitrogens with zero attached hydrogens (tertiary/aromatic N) is 2. The average molecular weight is 370 g/mol. The maximum absolute atomic E-state index is 12.3. The predicted molar refractivity (Wildman–Crippen MR) is 111 cm³/mol. The lowest BCUT2D eigenvalue weighted by Crippen LogP contribution is -2.44. The van der Waals surface area contributed by atoms with Gasteiger partial charge in [-0.1, -0.05) is 18.2 Å². The van der Waals surface area contributed by atoms with Gasteiger partial charge in [0.1, 0.15) is 0 Å². The normalized spacial score (nSPS) is 15.1. The van der Waals surface area contributed by atoms with Crippen molar-refractivity contribution in [1.82, 2.24) is 4.90 Å². The summed E-state index contributed by atoms with van der Waals surface area (Å²) in [5, 5.41) is 3.05. The fourth-order valence-corrected chi connectivity index (χ4v) is 3.93. The van der Waals surface area contributed by atoms with Crippen LogP contribution in [0.3, 0.4) is 0 Å². The Balaban J connectivity index is 1.57. The monoisotopic (exact) mass is 369 g/mol. The van der Waals surface area contributed by atoms with Crippen molar-refractivity contribution in [2.75, 3.05) is 49.2 Å². The first-order chi connectivity index (χ1) is 12.5. The van der Waals surface area contributed by atoms with Gasteiger partial charge in [-0.3, -0.25) is 4.79 Å². The number of hydrogen-bond acceptors (Lipinski definition) is 4. The molecule has 0 saturated carbocycles. The molecule has 0 atom stereocenters. The summed E-state index contributed by atoms with van der Waals surface area (Å²) in [5.74, 6) is 0.457. The lowest BCUT2D eigenvalue weighted by Gasteiger charge is -2.34. The van der Waals surface area contributed by atoms with E-state index in [4.69, 9.17) is 0 Å². The zero-order valence-electron chi connectivity index (χ0n) is 15.8. The third-order valence-corrected chi connectivity index (χ3v) is 5.98. The Morgan fingerprint density at radius 1 is 1.04 bits per heavy atom. The van der Waals surface area contributed by atoms with Crippen LogP contribution in [0.1, 0.15) is 11.1 Å². The minimum Gasteiger partial charge on any atom is -0.369 e. The molecule has 26 heavy (non-hydrogen) atoms. The molecule has 0 bridgehead atoms. The van der Waals surface area contributed by atoms with Gasteiger partial charge >= 0.3 is 0 Å². The molecule has 4 nitrogen and oxygen atoms in total. The smallest absolute Gasteiger partial charge is 0.234 e. The molecule has 1 fully saturated rings. The number of likely N-dealkylation sites (N-methyl/N-ethyl adjacent to an activating group) is 1. The number of amides is 1. The Morgan fingerprint density at radius 2 is 1.77 bits per heavy atom. The summed E-state index contributed by atoms with van der Waals surface area (Å²) in [6, 6.07) is 14.5. The number of carbonyl (C=O) groups excluding carboxylic acids is 1.